The van der Waals surface area contributed by atoms with Crippen LogP contribution < -0.4 is 0 Å². The molecule has 0 spiro atoms. The SMILES string of the molecule is O=C(c1ccc2ccccc2n1)N1CCC(C2CCOC2)CC1. The van der Waals surface area contributed by atoms with Crippen LogP contribution in [0.25, 0.3) is 10.9 Å². The molecule has 1 unspecified atom stereocenters. The van der Waals surface area contributed by atoms with Gasteiger partial charge in [0, 0.05) is 31.7 Å². The lowest BCUT2D eigenvalue weighted by Crippen LogP contribution is -2.40. The summed E-state index contributed by atoms with van der Waals surface area (Å²) in [6.07, 6.45) is 3.37. The minimum absolute atomic E-state index is 0.0666. The third-order valence-electron chi connectivity index (χ3n) is 5.28. The molecule has 0 aliphatic carbocycles. The Bertz CT molecular complexity index is 701. The van der Waals surface area contributed by atoms with Gasteiger partial charge in [0.25, 0.3) is 5.91 Å². The molecule has 0 saturated carbocycles. The quantitative estimate of drug-likeness (QED) is 0.856. The van der Waals surface area contributed by atoms with E-state index in [1.165, 1.54) is 6.42 Å². The Morgan fingerprint density at radius 2 is 1.87 bits per heavy atom. The number of rotatable bonds is 2. The number of hydrogen-bond donors (Lipinski definition) is 0. The number of likely N-dealkylation sites (tertiary alicyclic amines) is 1. The van der Waals surface area contributed by atoms with Crippen molar-refractivity contribution < 1.29 is 9.53 Å². The van der Waals surface area contributed by atoms with E-state index in [2.05, 4.69) is 4.98 Å². The summed E-state index contributed by atoms with van der Waals surface area (Å²) in [5.41, 5.74) is 1.45. The van der Waals surface area contributed by atoms with Crippen molar-refractivity contribution in [2.24, 2.45) is 11.8 Å². The van der Waals surface area contributed by atoms with Crippen molar-refractivity contribution in [3.63, 3.8) is 0 Å². The Balaban J connectivity index is 1.44. The summed E-state index contributed by atoms with van der Waals surface area (Å²) in [4.78, 5) is 19.2. The summed E-state index contributed by atoms with van der Waals surface area (Å²) in [7, 11) is 0. The van der Waals surface area contributed by atoms with Crippen LogP contribution in [0.4, 0.5) is 0 Å². The van der Waals surface area contributed by atoms with Crippen molar-refractivity contribution in [1.29, 1.82) is 0 Å². The van der Waals surface area contributed by atoms with Gasteiger partial charge in [-0.05, 0) is 43.2 Å². The van der Waals surface area contributed by atoms with Crippen LogP contribution in [-0.4, -0.2) is 42.1 Å². The second-order valence-electron chi connectivity index (χ2n) is 6.64. The third-order valence-corrected chi connectivity index (χ3v) is 5.28. The molecule has 1 atom stereocenters. The maximum Gasteiger partial charge on any atom is 0.272 e. The van der Waals surface area contributed by atoms with Crippen molar-refractivity contribution in [2.75, 3.05) is 26.3 Å². The topological polar surface area (TPSA) is 42.4 Å². The van der Waals surface area contributed by atoms with Gasteiger partial charge in [0.15, 0.2) is 0 Å². The molecule has 120 valence electrons. The van der Waals surface area contributed by atoms with Crippen LogP contribution in [0, 0.1) is 11.8 Å². The Morgan fingerprint density at radius 3 is 2.65 bits per heavy atom. The van der Waals surface area contributed by atoms with Gasteiger partial charge in [-0.2, -0.15) is 0 Å². The summed E-state index contributed by atoms with van der Waals surface area (Å²) in [5.74, 6) is 1.48. The lowest BCUT2D eigenvalue weighted by atomic mass is 9.84. The van der Waals surface area contributed by atoms with Gasteiger partial charge in [0.1, 0.15) is 5.69 Å². The summed E-state index contributed by atoms with van der Waals surface area (Å²) < 4.78 is 5.50. The molecule has 3 heterocycles. The summed E-state index contributed by atoms with van der Waals surface area (Å²) in [6.45, 7) is 3.50. The number of nitrogens with zero attached hydrogens (tertiary/aromatic N) is 2. The largest absolute Gasteiger partial charge is 0.381 e. The van der Waals surface area contributed by atoms with Crippen LogP contribution in [0.15, 0.2) is 36.4 Å². The Labute approximate surface area is 136 Å². The van der Waals surface area contributed by atoms with E-state index < -0.39 is 0 Å². The average Bonchev–Trinajstić information content (AvgIpc) is 3.15. The van der Waals surface area contributed by atoms with Crippen LogP contribution in [0.5, 0.6) is 0 Å². The van der Waals surface area contributed by atoms with Gasteiger partial charge in [0.2, 0.25) is 0 Å². The molecule has 2 fully saturated rings. The van der Waals surface area contributed by atoms with E-state index in [1.807, 2.05) is 41.3 Å². The summed E-state index contributed by atoms with van der Waals surface area (Å²) >= 11 is 0. The number of amides is 1. The number of pyridine rings is 1. The van der Waals surface area contributed by atoms with Gasteiger partial charge in [-0.15, -0.1) is 0 Å². The molecule has 4 heteroatoms. The van der Waals surface area contributed by atoms with Crippen molar-refractivity contribution in [3.05, 3.63) is 42.1 Å². The van der Waals surface area contributed by atoms with Gasteiger partial charge in [0.05, 0.1) is 5.52 Å². The molecule has 1 amide bonds. The van der Waals surface area contributed by atoms with Gasteiger partial charge in [-0.25, -0.2) is 4.98 Å². The molecule has 2 aliphatic heterocycles. The first kappa shape index (κ1) is 14.6. The predicted octanol–water partition coefficient (Wildman–Crippen LogP) is 3.12. The van der Waals surface area contributed by atoms with Crippen LogP contribution in [-0.2, 0) is 4.74 Å². The molecule has 0 radical (unpaired) electrons. The van der Waals surface area contributed by atoms with Crippen LogP contribution in [0.3, 0.4) is 0 Å². The molecular weight excluding hydrogens is 288 g/mol. The number of piperidine rings is 1. The van der Waals surface area contributed by atoms with E-state index in [0.29, 0.717) is 17.5 Å². The highest BCUT2D eigenvalue weighted by Crippen LogP contribution is 2.31. The number of aromatic nitrogens is 1. The Hall–Kier alpha value is -1.94. The van der Waals surface area contributed by atoms with E-state index >= 15 is 0 Å². The first-order chi connectivity index (χ1) is 11.3. The molecule has 2 saturated heterocycles. The normalized spacial score (nSPS) is 22.6. The molecule has 4 nitrogen and oxygen atoms in total. The molecule has 0 N–H and O–H groups in total. The van der Waals surface area contributed by atoms with E-state index in [9.17, 15) is 4.79 Å². The maximum absolute atomic E-state index is 12.7. The molecule has 0 bridgehead atoms. The van der Waals surface area contributed by atoms with E-state index in [1.54, 1.807) is 0 Å². The minimum atomic E-state index is 0.0666. The number of fused-ring (bicyclic) bond motifs is 1. The standard InChI is InChI=1S/C19H22N2O2/c22-19(18-6-5-15-3-1-2-4-17(15)20-18)21-10-7-14(8-11-21)16-9-12-23-13-16/h1-6,14,16H,7-13H2. The molecular formula is C19H22N2O2. The predicted molar refractivity (Wildman–Crippen MR) is 89.3 cm³/mol. The number of para-hydroxylation sites is 1. The lowest BCUT2D eigenvalue weighted by molar-refractivity contribution is 0.0643. The zero-order valence-corrected chi connectivity index (χ0v) is 13.3. The zero-order valence-electron chi connectivity index (χ0n) is 13.3. The molecule has 23 heavy (non-hydrogen) atoms. The highest BCUT2D eigenvalue weighted by molar-refractivity contribution is 5.94. The second kappa shape index (κ2) is 6.28. The number of carbonyl (C=O) groups excluding carboxylic acids is 1. The first-order valence-electron chi connectivity index (χ1n) is 8.54. The average molecular weight is 310 g/mol. The van der Waals surface area contributed by atoms with Gasteiger partial charge >= 0.3 is 0 Å². The van der Waals surface area contributed by atoms with E-state index in [-0.39, 0.29) is 5.91 Å². The van der Waals surface area contributed by atoms with E-state index in [4.69, 9.17) is 4.74 Å². The molecule has 1 aromatic carbocycles. The number of hydrogen-bond acceptors (Lipinski definition) is 3. The van der Waals surface area contributed by atoms with Crippen molar-refractivity contribution in [1.82, 2.24) is 9.88 Å². The second-order valence-corrected chi connectivity index (χ2v) is 6.64. The van der Waals surface area contributed by atoms with Crippen LogP contribution >= 0.6 is 0 Å². The monoisotopic (exact) mass is 310 g/mol. The minimum Gasteiger partial charge on any atom is -0.381 e. The van der Waals surface area contributed by atoms with Crippen molar-refractivity contribution >= 4 is 16.8 Å². The Morgan fingerprint density at radius 1 is 1.04 bits per heavy atom. The van der Waals surface area contributed by atoms with Crippen LogP contribution in [0.2, 0.25) is 0 Å². The van der Waals surface area contributed by atoms with Gasteiger partial charge < -0.3 is 9.64 Å². The third kappa shape index (κ3) is 2.95. The highest BCUT2D eigenvalue weighted by Gasteiger charge is 2.31. The summed E-state index contributed by atoms with van der Waals surface area (Å²) in [5, 5.41) is 1.07. The van der Waals surface area contributed by atoms with Gasteiger partial charge in [-0.3, -0.25) is 4.79 Å². The fourth-order valence-electron chi connectivity index (χ4n) is 3.85. The fraction of sp³-hybridized carbons (Fsp3) is 0.474. The summed E-state index contributed by atoms with van der Waals surface area (Å²) in [6, 6.07) is 11.8. The lowest BCUT2D eigenvalue weighted by Gasteiger charge is -2.34. The van der Waals surface area contributed by atoms with Crippen molar-refractivity contribution in [2.45, 2.75) is 19.3 Å². The molecule has 1 aromatic heterocycles. The number of benzene rings is 1. The van der Waals surface area contributed by atoms with E-state index in [0.717, 1.165) is 50.0 Å². The van der Waals surface area contributed by atoms with Crippen molar-refractivity contribution in [3.8, 4) is 0 Å². The smallest absolute Gasteiger partial charge is 0.272 e. The van der Waals surface area contributed by atoms with Gasteiger partial charge in [-0.1, -0.05) is 24.3 Å². The number of carbonyl (C=O) groups is 1. The fourth-order valence-corrected chi connectivity index (χ4v) is 3.85. The zero-order chi connectivity index (χ0) is 15.6. The van der Waals surface area contributed by atoms with Crippen LogP contribution in [0.1, 0.15) is 29.8 Å². The Kier molecular flexibility index (Phi) is 4.00. The first-order valence-corrected chi connectivity index (χ1v) is 8.54. The molecule has 2 aliphatic rings. The highest BCUT2D eigenvalue weighted by atomic mass is 16.5. The maximum atomic E-state index is 12.7. The molecule has 4 rings (SSSR count). The number of ether oxygens (including phenoxy) is 1. The molecule has 2 aromatic rings.